The highest BCUT2D eigenvalue weighted by atomic mass is 19.1. The van der Waals surface area contributed by atoms with Crippen LogP contribution in [0.25, 0.3) is 0 Å². The van der Waals surface area contributed by atoms with Crippen molar-refractivity contribution in [3.63, 3.8) is 0 Å². The number of pyridine rings is 2. The second-order valence-electron chi connectivity index (χ2n) is 6.67. The Bertz CT molecular complexity index is 742. The SMILES string of the molecule is Cc1cccc(CN2CCOC3CCC2C3Oc2ncccc2F)n1. The van der Waals surface area contributed by atoms with Gasteiger partial charge in [0, 0.05) is 31.0 Å². The van der Waals surface area contributed by atoms with Crippen LogP contribution in [0.15, 0.2) is 36.5 Å². The van der Waals surface area contributed by atoms with Gasteiger partial charge in [-0.1, -0.05) is 6.07 Å². The lowest BCUT2D eigenvalue weighted by atomic mass is 10.1. The van der Waals surface area contributed by atoms with Crippen molar-refractivity contribution in [1.82, 2.24) is 14.9 Å². The quantitative estimate of drug-likeness (QED) is 0.854. The van der Waals surface area contributed by atoms with Gasteiger partial charge in [-0.25, -0.2) is 9.37 Å². The standard InChI is InChI=1S/C19H22FN3O2/c1-13-4-2-5-14(22-13)12-23-10-11-24-17-8-7-16(23)18(17)25-19-15(20)6-3-9-21-19/h2-6,9,16-18H,7-8,10-12H2,1H3. The van der Waals surface area contributed by atoms with E-state index >= 15 is 0 Å². The lowest BCUT2D eigenvalue weighted by Gasteiger charge is -2.30. The lowest BCUT2D eigenvalue weighted by molar-refractivity contribution is 0.000128. The van der Waals surface area contributed by atoms with Gasteiger partial charge in [0.1, 0.15) is 6.10 Å². The molecule has 2 aromatic rings. The average Bonchev–Trinajstić information content (AvgIpc) is 2.90. The largest absolute Gasteiger partial charge is 0.468 e. The third-order valence-corrected chi connectivity index (χ3v) is 4.96. The second-order valence-corrected chi connectivity index (χ2v) is 6.67. The number of hydrogen-bond acceptors (Lipinski definition) is 5. The lowest BCUT2D eigenvalue weighted by Crippen LogP contribution is -2.44. The highest BCUT2D eigenvalue weighted by molar-refractivity contribution is 5.15. The molecule has 1 saturated heterocycles. The number of aromatic nitrogens is 2. The van der Waals surface area contributed by atoms with E-state index in [0.717, 1.165) is 37.3 Å². The number of halogens is 1. The van der Waals surface area contributed by atoms with Crippen molar-refractivity contribution in [3.8, 4) is 5.88 Å². The molecule has 25 heavy (non-hydrogen) atoms. The van der Waals surface area contributed by atoms with Gasteiger partial charge in [0.15, 0.2) is 5.82 Å². The van der Waals surface area contributed by atoms with Gasteiger partial charge in [-0.15, -0.1) is 0 Å². The molecular formula is C19H22FN3O2. The average molecular weight is 343 g/mol. The zero-order valence-corrected chi connectivity index (χ0v) is 14.3. The van der Waals surface area contributed by atoms with E-state index < -0.39 is 5.82 Å². The van der Waals surface area contributed by atoms with E-state index in [0.29, 0.717) is 6.61 Å². The molecule has 132 valence electrons. The minimum Gasteiger partial charge on any atom is -0.468 e. The monoisotopic (exact) mass is 343 g/mol. The molecule has 0 radical (unpaired) electrons. The van der Waals surface area contributed by atoms with E-state index in [2.05, 4.69) is 14.9 Å². The number of nitrogens with zero attached hydrogens (tertiary/aromatic N) is 3. The number of fused-ring (bicyclic) bond motifs is 2. The zero-order valence-electron chi connectivity index (χ0n) is 14.3. The first-order valence-corrected chi connectivity index (χ1v) is 8.76. The van der Waals surface area contributed by atoms with Crippen LogP contribution in [0, 0.1) is 12.7 Å². The molecule has 0 N–H and O–H groups in total. The predicted octanol–water partition coefficient (Wildman–Crippen LogP) is 2.73. The van der Waals surface area contributed by atoms with Crippen molar-refractivity contribution in [2.75, 3.05) is 13.2 Å². The van der Waals surface area contributed by atoms with Gasteiger partial charge in [0.2, 0.25) is 0 Å². The summed E-state index contributed by atoms with van der Waals surface area (Å²) < 4.78 is 25.9. The molecule has 4 rings (SSSR count). The summed E-state index contributed by atoms with van der Waals surface area (Å²) in [4.78, 5) is 11.0. The van der Waals surface area contributed by atoms with Crippen LogP contribution < -0.4 is 4.74 Å². The topological polar surface area (TPSA) is 47.5 Å². The number of aryl methyl sites for hydroxylation is 1. The summed E-state index contributed by atoms with van der Waals surface area (Å²) in [6, 6.07) is 9.18. The molecule has 3 heterocycles. The molecule has 0 amide bonds. The van der Waals surface area contributed by atoms with Crippen LogP contribution in [0.3, 0.4) is 0 Å². The van der Waals surface area contributed by atoms with Crippen molar-refractivity contribution in [2.45, 2.75) is 44.6 Å². The molecule has 1 aliphatic heterocycles. The molecule has 2 bridgehead atoms. The summed E-state index contributed by atoms with van der Waals surface area (Å²) >= 11 is 0. The fourth-order valence-electron chi connectivity index (χ4n) is 3.80. The Morgan fingerprint density at radius 1 is 1.28 bits per heavy atom. The minimum absolute atomic E-state index is 0.0122. The van der Waals surface area contributed by atoms with Crippen LogP contribution in [0.2, 0.25) is 0 Å². The van der Waals surface area contributed by atoms with Gasteiger partial charge in [0.25, 0.3) is 5.88 Å². The Balaban J connectivity index is 1.54. The first kappa shape index (κ1) is 16.4. The van der Waals surface area contributed by atoms with E-state index in [1.54, 1.807) is 12.3 Å². The molecule has 3 unspecified atom stereocenters. The summed E-state index contributed by atoms with van der Waals surface area (Å²) in [5, 5.41) is 0. The summed E-state index contributed by atoms with van der Waals surface area (Å²) in [6.07, 6.45) is 3.21. The number of ether oxygens (including phenoxy) is 2. The van der Waals surface area contributed by atoms with Crippen molar-refractivity contribution < 1.29 is 13.9 Å². The summed E-state index contributed by atoms with van der Waals surface area (Å²) in [6.45, 7) is 4.21. The maximum absolute atomic E-state index is 14.0. The Labute approximate surface area is 146 Å². The molecule has 6 heteroatoms. The Morgan fingerprint density at radius 2 is 2.20 bits per heavy atom. The van der Waals surface area contributed by atoms with Crippen LogP contribution in [-0.4, -0.2) is 46.3 Å². The highest BCUT2D eigenvalue weighted by Gasteiger charge is 2.44. The number of hydrogen-bond donors (Lipinski definition) is 0. The predicted molar refractivity (Wildman–Crippen MR) is 90.8 cm³/mol. The number of rotatable bonds is 4. The van der Waals surface area contributed by atoms with Gasteiger partial charge in [-0.05, 0) is 44.0 Å². The van der Waals surface area contributed by atoms with Crippen LogP contribution >= 0.6 is 0 Å². The maximum atomic E-state index is 14.0. The van der Waals surface area contributed by atoms with Crippen LogP contribution in [-0.2, 0) is 11.3 Å². The first-order chi connectivity index (χ1) is 12.2. The van der Waals surface area contributed by atoms with Gasteiger partial charge in [-0.2, -0.15) is 0 Å². The van der Waals surface area contributed by atoms with Crippen molar-refractivity contribution in [3.05, 3.63) is 53.7 Å². The second kappa shape index (κ2) is 7.06. The van der Waals surface area contributed by atoms with E-state index in [-0.39, 0.29) is 24.1 Å². The minimum atomic E-state index is -0.432. The third kappa shape index (κ3) is 3.50. The Kier molecular flexibility index (Phi) is 4.63. The van der Waals surface area contributed by atoms with Crippen molar-refractivity contribution in [1.29, 1.82) is 0 Å². The van der Waals surface area contributed by atoms with E-state index in [9.17, 15) is 4.39 Å². The Hall–Kier alpha value is -2.05. The van der Waals surface area contributed by atoms with Gasteiger partial charge in [-0.3, -0.25) is 9.88 Å². The zero-order chi connectivity index (χ0) is 17.2. The Morgan fingerprint density at radius 3 is 3.04 bits per heavy atom. The van der Waals surface area contributed by atoms with Crippen LogP contribution in [0.1, 0.15) is 24.2 Å². The van der Waals surface area contributed by atoms with Gasteiger partial charge >= 0.3 is 0 Å². The molecular weight excluding hydrogens is 321 g/mol. The molecule has 1 saturated carbocycles. The molecule has 2 aromatic heterocycles. The molecule has 2 aliphatic rings. The highest BCUT2D eigenvalue weighted by Crippen LogP contribution is 2.33. The first-order valence-electron chi connectivity index (χ1n) is 8.76. The summed E-state index contributed by atoms with van der Waals surface area (Å²) in [7, 11) is 0. The smallest absolute Gasteiger partial charge is 0.250 e. The molecule has 5 nitrogen and oxygen atoms in total. The van der Waals surface area contributed by atoms with Gasteiger partial charge < -0.3 is 9.47 Å². The molecule has 0 aromatic carbocycles. The summed E-state index contributed by atoms with van der Waals surface area (Å²) in [5.41, 5.74) is 2.05. The fraction of sp³-hybridized carbons (Fsp3) is 0.474. The molecule has 2 fully saturated rings. The molecule has 1 aliphatic carbocycles. The molecule has 0 spiro atoms. The maximum Gasteiger partial charge on any atom is 0.250 e. The van der Waals surface area contributed by atoms with Crippen LogP contribution in [0.5, 0.6) is 5.88 Å². The molecule has 3 atom stereocenters. The van der Waals surface area contributed by atoms with Crippen molar-refractivity contribution >= 4 is 0 Å². The van der Waals surface area contributed by atoms with Crippen LogP contribution in [0.4, 0.5) is 4.39 Å². The normalized spacial score (nSPS) is 26.4. The third-order valence-electron chi connectivity index (χ3n) is 4.96. The fourth-order valence-corrected chi connectivity index (χ4v) is 3.80. The van der Waals surface area contributed by atoms with Crippen molar-refractivity contribution in [2.24, 2.45) is 0 Å². The van der Waals surface area contributed by atoms with Gasteiger partial charge in [0.05, 0.1) is 18.4 Å². The van der Waals surface area contributed by atoms with E-state index in [1.165, 1.54) is 6.07 Å². The van der Waals surface area contributed by atoms with E-state index in [4.69, 9.17) is 9.47 Å². The summed E-state index contributed by atoms with van der Waals surface area (Å²) in [5.74, 6) is -0.374. The van der Waals surface area contributed by atoms with E-state index in [1.807, 2.05) is 25.1 Å².